The highest BCUT2D eigenvalue weighted by atomic mass is 35.5. The number of pyridine rings is 2. The molecule has 0 spiro atoms. The predicted molar refractivity (Wildman–Crippen MR) is 128 cm³/mol. The normalized spacial score (nSPS) is 16.2. The summed E-state index contributed by atoms with van der Waals surface area (Å²) in [6, 6.07) is 11.0. The zero-order valence-electron chi connectivity index (χ0n) is 19.0. The minimum atomic E-state index is -0.320. The maximum absolute atomic E-state index is 13.2. The minimum Gasteiger partial charge on any atom is -0.449 e. The maximum Gasteiger partial charge on any atom is 0.410 e. The molecule has 1 atom stereocenters. The molecule has 33 heavy (non-hydrogen) atoms. The van der Waals surface area contributed by atoms with Crippen molar-refractivity contribution in [2.75, 3.05) is 26.2 Å². The zero-order valence-corrected chi connectivity index (χ0v) is 19.8. The van der Waals surface area contributed by atoms with Crippen molar-refractivity contribution in [3.63, 3.8) is 0 Å². The molecule has 1 saturated heterocycles. The summed E-state index contributed by atoms with van der Waals surface area (Å²) in [6.07, 6.45) is 2.22. The van der Waals surface area contributed by atoms with Gasteiger partial charge in [-0.25, -0.2) is 9.78 Å². The number of halogens is 1. The summed E-state index contributed by atoms with van der Waals surface area (Å²) in [7, 11) is 0. The van der Waals surface area contributed by atoms with Crippen molar-refractivity contribution >= 4 is 34.5 Å². The summed E-state index contributed by atoms with van der Waals surface area (Å²) in [6.45, 7) is 7.55. The number of benzene rings is 1. The van der Waals surface area contributed by atoms with Crippen LogP contribution in [0.15, 0.2) is 42.6 Å². The van der Waals surface area contributed by atoms with Crippen molar-refractivity contribution in [2.45, 2.75) is 33.2 Å². The smallest absolute Gasteiger partial charge is 0.410 e. The van der Waals surface area contributed by atoms with Crippen molar-refractivity contribution in [1.29, 1.82) is 0 Å². The van der Waals surface area contributed by atoms with Crippen LogP contribution in [0.2, 0.25) is 5.02 Å². The first-order valence-electron chi connectivity index (χ1n) is 11.1. The number of amides is 2. The number of fused-ring (bicyclic) bond motifs is 1. The molecule has 2 amide bonds. The van der Waals surface area contributed by atoms with Crippen LogP contribution < -0.4 is 0 Å². The van der Waals surface area contributed by atoms with Gasteiger partial charge in [-0.15, -0.1) is 0 Å². The van der Waals surface area contributed by atoms with Gasteiger partial charge in [-0.2, -0.15) is 0 Å². The number of ether oxygens (including phenoxy) is 1. The van der Waals surface area contributed by atoms with E-state index in [4.69, 9.17) is 21.3 Å². The summed E-state index contributed by atoms with van der Waals surface area (Å²) in [5.74, 6) is -0.0920. The van der Waals surface area contributed by atoms with Crippen molar-refractivity contribution in [1.82, 2.24) is 19.8 Å². The van der Waals surface area contributed by atoms with Crippen molar-refractivity contribution < 1.29 is 14.3 Å². The first-order chi connectivity index (χ1) is 15.9. The molecule has 0 unspecified atom stereocenters. The monoisotopic (exact) mass is 466 g/mol. The molecular formula is C25H27ClN4O3. The number of hydrogen-bond donors (Lipinski definition) is 0. The Balaban J connectivity index is 1.55. The largest absolute Gasteiger partial charge is 0.449 e. The Bertz CT molecular complexity index is 1180. The Morgan fingerprint density at radius 3 is 2.70 bits per heavy atom. The average molecular weight is 467 g/mol. The van der Waals surface area contributed by atoms with Gasteiger partial charge in [0.1, 0.15) is 0 Å². The van der Waals surface area contributed by atoms with E-state index < -0.39 is 0 Å². The van der Waals surface area contributed by atoms with E-state index in [0.717, 1.165) is 23.1 Å². The fourth-order valence-electron chi connectivity index (χ4n) is 3.95. The van der Waals surface area contributed by atoms with Gasteiger partial charge in [-0.1, -0.05) is 24.6 Å². The number of hydrogen-bond acceptors (Lipinski definition) is 5. The second kappa shape index (κ2) is 9.75. The summed E-state index contributed by atoms with van der Waals surface area (Å²) in [5.41, 5.74) is 3.68. The van der Waals surface area contributed by atoms with Gasteiger partial charge in [-0.3, -0.25) is 9.78 Å². The van der Waals surface area contributed by atoms with E-state index in [9.17, 15) is 9.59 Å². The van der Waals surface area contributed by atoms with E-state index >= 15 is 0 Å². The van der Waals surface area contributed by atoms with Gasteiger partial charge in [0.25, 0.3) is 5.91 Å². The third kappa shape index (κ3) is 4.93. The van der Waals surface area contributed by atoms with E-state index in [1.165, 1.54) is 0 Å². The molecule has 4 rings (SSSR count). The molecule has 172 valence electrons. The van der Waals surface area contributed by atoms with E-state index in [-0.39, 0.29) is 18.0 Å². The summed E-state index contributed by atoms with van der Waals surface area (Å²) < 4.78 is 5.25. The minimum absolute atomic E-state index is 0.0920. The molecule has 1 aromatic carbocycles. The number of carbonyl (C=O) groups excluding carboxylic acids is 2. The summed E-state index contributed by atoms with van der Waals surface area (Å²) in [4.78, 5) is 38.0. The van der Waals surface area contributed by atoms with Crippen LogP contribution in [0.1, 0.15) is 36.3 Å². The highest BCUT2D eigenvalue weighted by Gasteiger charge is 2.31. The van der Waals surface area contributed by atoms with E-state index in [2.05, 4.69) is 4.98 Å². The van der Waals surface area contributed by atoms with E-state index in [1.807, 2.05) is 45.0 Å². The van der Waals surface area contributed by atoms with Gasteiger partial charge in [0.2, 0.25) is 0 Å². The summed E-state index contributed by atoms with van der Waals surface area (Å²) in [5, 5.41) is 1.36. The van der Waals surface area contributed by atoms with Crippen LogP contribution in [0, 0.1) is 6.92 Å². The number of carbonyl (C=O) groups is 2. The third-order valence-electron chi connectivity index (χ3n) is 5.79. The second-order valence-corrected chi connectivity index (χ2v) is 8.72. The number of aryl methyl sites for hydroxylation is 1. The van der Waals surface area contributed by atoms with Gasteiger partial charge in [-0.05, 0) is 50.6 Å². The van der Waals surface area contributed by atoms with E-state index in [1.54, 1.807) is 28.1 Å². The lowest BCUT2D eigenvalue weighted by molar-refractivity contribution is 0.0412. The first kappa shape index (κ1) is 23.0. The Morgan fingerprint density at radius 1 is 1.18 bits per heavy atom. The lowest BCUT2D eigenvalue weighted by Gasteiger charge is -2.39. The standard InChI is InChI=1S/C25H27ClN4O3/c1-4-11-33-25(32)30-10-9-29(15-17(30)3)24(31)18-7-8-20-21(26)13-22(28-23(20)12-18)19-6-5-16(2)27-14-19/h5-8,12-14,17H,4,9-11,15H2,1-3H3/t17-/m1/s1. The highest BCUT2D eigenvalue weighted by molar-refractivity contribution is 6.35. The fraction of sp³-hybridized carbons (Fsp3) is 0.360. The number of nitrogens with zero attached hydrogens (tertiary/aromatic N) is 4. The van der Waals surface area contributed by atoms with Crippen molar-refractivity contribution in [3.8, 4) is 11.3 Å². The molecule has 0 radical (unpaired) electrons. The van der Waals surface area contributed by atoms with Crippen LogP contribution in [0.5, 0.6) is 0 Å². The third-order valence-corrected chi connectivity index (χ3v) is 6.11. The van der Waals surface area contributed by atoms with Crippen LogP contribution in [0.4, 0.5) is 4.79 Å². The molecule has 8 heteroatoms. The number of rotatable bonds is 4. The predicted octanol–water partition coefficient (Wildman–Crippen LogP) is 4.95. The molecule has 1 fully saturated rings. The Hall–Kier alpha value is -3.19. The molecule has 2 aromatic heterocycles. The molecule has 1 aliphatic rings. The zero-order chi connectivity index (χ0) is 23.5. The SMILES string of the molecule is CCCOC(=O)N1CCN(C(=O)c2ccc3c(Cl)cc(-c4ccc(C)nc4)nc3c2)C[C@H]1C. The van der Waals surface area contributed by atoms with Gasteiger partial charge in [0.15, 0.2) is 0 Å². The van der Waals surface area contributed by atoms with Gasteiger partial charge in [0.05, 0.1) is 22.8 Å². The molecule has 0 N–H and O–H groups in total. The Morgan fingerprint density at radius 2 is 2.00 bits per heavy atom. The van der Waals surface area contributed by atoms with E-state index in [0.29, 0.717) is 48.0 Å². The summed E-state index contributed by atoms with van der Waals surface area (Å²) >= 11 is 6.52. The van der Waals surface area contributed by atoms with Crippen LogP contribution in [0.25, 0.3) is 22.2 Å². The molecular weight excluding hydrogens is 440 g/mol. The molecule has 7 nitrogen and oxygen atoms in total. The molecule has 3 aromatic rings. The second-order valence-electron chi connectivity index (χ2n) is 8.32. The van der Waals surface area contributed by atoms with Gasteiger partial charge >= 0.3 is 6.09 Å². The van der Waals surface area contributed by atoms with Crippen LogP contribution in [-0.4, -0.2) is 64.1 Å². The van der Waals surface area contributed by atoms with Crippen molar-refractivity contribution in [2.24, 2.45) is 0 Å². The highest BCUT2D eigenvalue weighted by Crippen LogP contribution is 2.29. The fourth-order valence-corrected chi connectivity index (χ4v) is 4.22. The molecule has 0 bridgehead atoms. The molecule has 0 aliphatic carbocycles. The molecule has 0 saturated carbocycles. The van der Waals surface area contributed by atoms with Crippen LogP contribution in [-0.2, 0) is 4.74 Å². The lowest BCUT2D eigenvalue weighted by atomic mass is 10.1. The van der Waals surface area contributed by atoms with Gasteiger partial charge < -0.3 is 14.5 Å². The first-order valence-corrected chi connectivity index (χ1v) is 11.5. The quantitative estimate of drug-likeness (QED) is 0.543. The lowest BCUT2D eigenvalue weighted by Crippen LogP contribution is -2.55. The number of aromatic nitrogens is 2. The van der Waals surface area contributed by atoms with Gasteiger partial charge in [0, 0.05) is 54.1 Å². The number of piperazine rings is 1. The average Bonchev–Trinajstić information content (AvgIpc) is 2.82. The van der Waals surface area contributed by atoms with Crippen LogP contribution in [0.3, 0.4) is 0 Å². The Kier molecular flexibility index (Phi) is 6.79. The Labute approximate surface area is 198 Å². The maximum atomic E-state index is 13.2. The molecule has 1 aliphatic heterocycles. The van der Waals surface area contributed by atoms with Crippen molar-refractivity contribution in [3.05, 3.63) is 58.9 Å². The topological polar surface area (TPSA) is 75.6 Å². The van der Waals surface area contributed by atoms with Crippen LogP contribution >= 0.6 is 11.6 Å². The molecule has 3 heterocycles.